The number of rotatable bonds is 9. The van der Waals surface area contributed by atoms with Gasteiger partial charge in [-0.15, -0.1) is 0 Å². The van der Waals surface area contributed by atoms with E-state index in [0.29, 0.717) is 11.6 Å². The molecule has 0 radical (unpaired) electrons. The molecule has 0 aliphatic heterocycles. The molecule has 4 rings (SSSR count). The van der Waals surface area contributed by atoms with Crippen molar-refractivity contribution in [1.29, 1.82) is 0 Å². The van der Waals surface area contributed by atoms with Crippen molar-refractivity contribution in [3.05, 3.63) is 108 Å². The Morgan fingerprint density at radius 2 is 1.55 bits per heavy atom. The van der Waals surface area contributed by atoms with Crippen molar-refractivity contribution in [3.63, 3.8) is 0 Å². The first kappa shape index (κ1) is 22.2. The molecule has 0 bridgehead atoms. The first-order valence-corrected chi connectivity index (χ1v) is 11.3. The van der Waals surface area contributed by atoms with Gasteiger partial charge >= 0.3 is 0 Å². The van der Waals surface area contributed by atoms with Crippen LogP contribution in [-0.4, -0.2) is 22.4 Å². The highest BCUT2D eigenvalue weighted by molar-refractivity contribution is 5.92. The Kier molecular flexibility index (Phi) is 7.10. The van der Waals surface area contributed by atoms with E-state index in [1.807, 2.05) is 42.5 Å². The van der Waals surface area contributed by atoms with Gasteiger partial charge in [0.25, 0.3) is 5.91 Å². The topological polar surface area (TPSA) is 72.1 Å². The number of carbonyl (C=O) groups excluding carboxylic acids is 1. The standard InChI is InChI=1S/C28H28N4O/c1-2-3-18-32(26-17-11-10-16-23(26)19-21-12-6-4-7-13-21)28-30-24(20-25(31-28)27(29)33)22-14-8-5-9-15-22/h4-17,20H,2-3,18-19H2,1H3,(H2,29,33). The fraction of sp³-hybridized carbons (Fsp3) is 0.179. The summed E-state index contributed by atoms with van der Waals surface area (Å²) in [5, 5.41) is 0. The van der Waals surface area contributed by atoms with Gasteiger partial charge in [-0.25, -0.2) is 9.97 Å². The van der Waals surface area contributed by atoms with Crippen molar-refractivity contribution >= 4 is 17.5 Å². The summed E-state index contributed by atoms with van der Waals surface area (Å²) in [6.45, 7) is 2.89. The second-order valence-electron chi connectivity index (χ2n) is 7.96. The van der Waals surface area contributed by atoms with Crippen molar-refractivity contribution < 1.29 is 4.79 Å². The number of nitrogens with two attached hydrogens (primary N) is 1. The highest BCUT2D eigenvalue weighted by Gasteiger charge is 2.19. The maximum absolute atomic E-state index is 12.1. The number of amides is 1. The quantitative estimate of drug-likeness (QED) is 0.361. The zero-order chi connectivity index (χ0) is 23.0. The number of hydrogen-bond acceptors (Lipinski definition) is 4. The minimum absolute atomic E-state index is 0.209. The monoisotopic (exact) mass is 436 g/mol. The molecule has 5 nitrogen and oxygen atoms in total. The maximum atomic E-state index is 12.1. The molecule has 2 N–H and O–H groups in total. The fourth-order valence-electron chi connectivity index (χ4n) is 3.82. The van der Waals surface area contributed by atoms with Crippen LogP contribution in [0.2, 0.25) is 0 Å². The molecule has 166 valence electrons. The lowest BCUT2D eigenvalue weighted by molar-refractivity contribution is 0.0995. The molecule has 1 heterocycles. The lowest BCUT2D eigenvalue weighted by Gasteiger charge is -2.26. The second-order valence-corrected chi connectivity index (χ2v) is 7.96. The molecular formula is C28H28N4O. The van der Waals surface area contributed by atoms with Crippen LogP contribution in [0.25, 0.3) is 11.3 Å². The van der Waals surface area contributed by atoms with Crippen LogP contribution in [0.1, 0.15) is 41.4 Å². The predicted octanol–water partition coefficient (Wildman–Crippen LogP) is 5.77. The predicted molar refractivity (Wildman–Crippen MR) is 134 cm³/mol. The number of hydrogen-bond donors (Lipinski definition) is 1. The summed E-state index contributed by atoms with van der Waals surface area (Å²) >= 11 is 0. The number of anilines is 2. The van der Waals surface area contributed by atoms with Crippen LogP contribution in [0.5, 0.6) is 0 Å². The van der Waals surface area contributed by atoms with Gasteiger partial charge < -0.3 is 10.6 Å². The molecule has 0 atom stereocenters. The van der Waals surface area contributed by atoms with Crippen LogP contribution in [0, 0.1) is 0 Å². The summed E-state index contributed by atoms with van der Waals surface area (Å²) in [7, 11) is 0. The molecule has 1 amide bonds. The molecule has 1 aromatic heterocycles. The summed E-state index contributed by atoms with van der Waals surface area (Å²) in [4.78, 5) is 23.7. The first-order valence-electron chi connectivity index (χ1n) is 11.3. The van der Waals surface area contributed by atoms with E-state index in [-0.39, 0.29) is 5.69 Å². The molecule has 0 saturated carbocycles. The Morgan fingerprint density at radius 3 is 2.24 bits per heavy atom. The lowest BCUT2D eigenvalue weighted by atomic mass is 10.0. The van der Waals surface area contributed by atoms with E-state index in [2.05, 4.69) is 59.3 Å². The Labute approximate surface area is 194 Å². The van der Waals surface area contributed by atoms with Crippen molar-refractivity contribution in [3.8, 4) is 11.3 Å². The van der Waals surface area contributed by atoms with Crippen LogP contribution < -0.4 is 10.6 Å². The van der Waals surface area contributed by atoms with Gasteiger partial charge in [0.1, 0.15) is 5.69 Å². The van der Waals surface area contributed by atoms with Crippen LogP contribution in [0.15, 0.2) is 91.0 Å². The van der Waals surface area contributed by atoms with Crippen molar-refractivity contribution in [2.45, 2.75) is 26.2 Å². The van der Waals surface area contributed by atoms with Crippen LogP contribution >= 0.6 is 0 Å². The summed E-state index contributed by atoms with van der Waals surface area (Å²) in [6, 6.07) is 30.2. The number of aromatic nitrogens is 2. The zero-order valence-corrected chi connectivity index (χ0v) is 18.8. The van der Waals surface area contributed by atoms with Gasteiger partial charge in [0, 0.05) is 17.8 Å². The zero-order valence-electron chi connectivity index (χ0n) is 18.8. The number of nitrogens with zero attached hydrogens (tertiary/aromatic N) is 3. The van der Waals surface area contributed by atoms with E-state index in [4.69, 9.17) is 10.7 Å². The van der Waals surface area contributed by atoms with Crippen LogP contribution in [0.3, 0.4) is 0 Å². The first-order chi connectivity index (χ1) is 16.2. The third-order valence-electron chi connectivity index (χ3n) is 5.53. The molecule has 0 aliphatic carbocycles. The van der Waals surface area contributed by atoms with E-state index in [1.54, 1.807) is 6.07 Å². The van der Waals surface area contributed by atoms with E-state index in [0.717, 1.165) is 37.1 Å². The van der Waals surface area contributed by atoms with Crippen LogP contribution in [-0.2, 0) is 6.42 Å². The van der Waals surface area contributed by atoms with Gasteiger partial charge in [-0.05, 0) is 36.1 Å². The second kappa shape index (κ2) is 10.6. The van der Waals surface area contributed by atoms with Gasteiger partial charge in [0.05, 0.1) is 5.69 Å². The fourth-order valence-corrected chi connectivity index (χ4v) is 3.82. The third kappa shape index (κ3) is 5.44. The molecular weight excluding hydrogens is 408 g/mol. The molecule has 0 saturated heterocycles. The Hall–Kier alpha value is -3.99. The minimum Gasteiger partial charge on any atom is -0.364 e. The summed E-state index contributed by atoms with van der Waals surface area (Å²) in [5.74, 6) is -0.0806. The van der Waals surface area contributed by atoms with Gasteiger partial charge in [-0.3, -0.25) is 4.79 Å². The Morgan fingerprint density at radius 1 is 0.879 bits per heavy atom. The number of primary amides is 1. The highest BCUT2D eigenvalue weighted by atomic mass is 16.1. The Bertz CT molecular complexity index is 1210. The van der Waals surface area contributed by atoms with Gasteiger partial charge in [-0.2, -0.15) is 0 Å². The average Bonchev–Trinajstić information content (AvgIpc) is 2.86. The smallest absolute Gasteiger partial charge is 0.267 e. The number of benzene rings is 3. The van der Waals surface area contributed by atoms with E-state index < -0.39 is 5.91 Å². The summed E-state index contributed by atoms with van der Waals surface area (Å²) < 4.78 is 0. The lowest BCUT2D eigenvalue weighted by Crippen LogP contribution is -2.24. The van der Waals surface area contributed by atoms with Gasteiger partial charge in [0.2, 0.25) is 5.95 Å². The summed E-state index contributed by atoms with van der Waals surface area (Å²) in [6.07, 6.45) is 2.78. The van der Waals surface area contributed by atoms with E-state index in [9.17, 15) is 4.79 Å². The Balaban J connectivity index is 1.82. The molecule has 5 heteroatoms. The number of para-hydroxylation sites is 1. The third-order valence-corrected chi connectivity index (χ3v) is 5.53. The summed E-state index contributed by atoms with van der Waals surface area (Å²) in [5.41, 5.74) is 10.9. The number of unbranched alkanes of at least 4 members (excludes halogenated alkanes) is 1. The van der Waals surface area contributed by atoms with Gasteiger partial charge in [0.15, 0.2) is 0 Å². The normalized spacial score (nSPS) is 10.7. The molecule has 0 spiro atoms. The SMILES string of the molecule is CCCCN(c1nc(C(N)=O)cc(-c2ccccc2)n1)c1ccccc1Cc1ccccc1. The average molecular weight is 437 g/mol. The van der Waals surface area contributed by atoms with E-state index >= 15 is 0 Å². The van der Waals surface area contributed by atoms with Crippen molar-refractivity contribution in [1.82, 2.24) is 9.97 Å². The van der Waals surface area contributed by atoms with Crippen molar-refractivity contribution in [2.24, 2.45) is 5.73 Å². The molecule has 0 aliphatic rings. The maximum Gasteiger partial charge on any atom is 0.267 e. The van der Waals surface area contributed by atoms with Gasteiger partial charge in [-0.1, -0.05) is 92.2 Å². The molecule has 0 fully saturated rings. The van der Waals surface area contributed by atoms with E-state index in [1.165, 1.54) is 11.1 Å². The minimum atomic E-state index is -0.566. The molecule has 0 unspecified atom stereocenters. The molecule has 4 aromatic rings. The molecule has 33 heavy (non-hydrogen) atoms. The molecule has 3 aromatic carbocycles. The number of carbonyl (C=O) groups is 1. The van der Waals surface area contributed by atoms with Crippen molar-refractivity contribution in [2.75, 3.05) is 11.4 Å². The largest absolute Gasteiger partial charge is 0.364 e. The highest BCUT2D eigenvalue weighted by Crippen LogP contribution is 2.30. The van der Waals surface area contributed by atoms with Crippen LogP contribution in [0.4, 0.5) is 11.6 Å².